The van der Waals surface area contributed by atoms with Crippen LogP contribution in [-0.2, 0) is 23.7 Å². The molecule has 0 radical (unpaired) electrons. The number of methoxy groups -OCH3 is 1. The molecule has 0 spiro atoms. The Bertz CT molecular complexity index is 931. The van der Waals surface area contributed by atoms with Gasteiger partial charge in [0.25, 0.3) is 5.91 Å². The van der Waals surface area contributed by atoms with Gasteiger partial charge in [0.2, 0.25) is 0 Å². The van der Waals surface area contributed by atoms with Crippen LogP contribution in [0.1, 0.15) is 49.7 Å². The van der Waals surface area contributed by atoms with Gasteiger partial charge in [-0.1, -0.05) is 32.4 Å². The van der Waals surface area contributed by atoms with Gasteiger partial charge < -0.3 is 9.47 Å². The van der Waals surface area contributed by atoms with Crippen LogP contribution < -0.4 is 10.2 Å². The van der Waals surface area contributed by atoms with Gasteiger partial charge in [0.1, 0.15) is 5.75 Å². The van der Waals surface area contributed by atoms with Crippen molar-refractivity contribution < 1.29 is 14.3 Å². The quantitative estimate of drug-likeness (QED) is 0.779. The zero-order valence-corrected chi connectivity index (χ0v) is 17.9. The van der Waals surface area contributed by atoms with Crippen LogP contribution >= 0.6 is 11.6 Å². The maximum Gasteiger partial charge on any atom is 0.282 e. The summed E-state index contributed by atoms with van der Waals surface area (Å²) in [4.78, 5) is 17.4. The minimum atomic E-state index is -0.383. The van der Waals surface area contributed by atoms with E-state index in [2.05, 4.69) is 30.4 Å². The second kappa shape index (κ2) is 8.13. The number of nitrogens with zero attached hydrogens (tertiary/aromatic N) is 3. The topological polar surface area (TPSA) is 57.8 Å². The van der Waals surface area contributed by atoms with Gasteiger partial charge in [-0.3, -0.25) is 14.2 Å². The van der Waals surface area contributed by atoms with E-state index in [1.165, 1.54) is 7.11 Å². The minimum absolute atomic E-state index is 0.0857. The van der Waals surface area contributed by atoms with Crippen molar-refractivity contribution in [3.8, 4) is 5.75 Å². The molecular formula is C21H28ClN3O3. The van der Waals surface area contributed by atoms with Gasteiger partial charge in [0.15, 0.2) is 5.49 Å². The molecule has 1 atom stereocenters. The molecule has 1 aliphatic heterocycles. The second-order valence-electron chi connectivity index (χ2n) is 8.14. The standard InChI is InChI=1S/C21H28ClN3O3/c1-21(2,3)18-12-19(25(24(18)4)13-15-7-6-10-28-15)23-20(26)16-11-14(22)8-9-17(16)27-5/h8-9,11-12,15H,6-7,10,13H2,1-5H3/b23-19+/t15-/m0/s1. The van der Waals surface area contributed by atoms with Crippen LogP contribution in [0.4, 0.5) is 0 Å². The Kier molecular flexibility index (Phi) is 6.01. The average Bonchev–Trinajstić information content (AvgIpc) is 3.24. The monoisotopic (exact) mass is 405 g/mol. The maximum atomic E-state index is 12.9. The highest BCUT2D eigenvalue weighted by Crippen LogP contribution is 2.24. The van der Waals surface area contributed by atoms with Crippen molar-refractivity contribution in [3.05, 3.63) is 46.0 Å². The van der Waals surface area contributed by atoms with E-state index in [9.17, 15) is 4.79 Å². The van der Waals surface area contributed by atoms with E-state index in [0.717, 1.165) is 25.1 Å². The normalized spacial score (nSPS) is 17.9. The van der Waals surface area contributed by atoms with Crippen LogP contribution in [0.2, 0.25) is 5.02 Å². The summed E-state index contributed by atoms with van der Waals surface area (Å²) in [6, 6.07) is 6.93. The molecule has 1 fully saturated rings. The number of ether oxygens (including phenoxy) is 2. The first-order chi connectivity index (χ1) is 13.2. The molecule has 1 aromatic carbocycles. The molecule has 0 bridgehead atoms. The minimum Gasteiger partial charge on any atom is -0.496 e. The molecule has 28 heavy (non-hydrogen) atoms. The molecule has 1 aliphatic rings. The smallest absolute Gasteiger partial charge is 0.282 e. The fourth-order valence-electron chi connectivity index (χ4n) is 3.57. The van der Waals surface area contributed by atoms with Gasteiger partial charge in [-0.05, 0) is 31.0 Å². The Hall–Kier alpha value is -2.05. The Balaban J connectivity index is 2.08. The Morgan fingerprint density at radius 3 is 2.71 bits per heavy atom. The number of amides is 1. The van der Waals surface area contributed by atoms with Gasteiger partial charge in [-0.15, -0.1) is 0 Å². The molecule has 2 aromatic rings. The predicted octanol–water partition coefficient (Wildman–Crippen LogP) is 3.71. The summed E-state index contributed by atoms with van der Waals surface area (Å²) in [7, 11) is 3.52. The zero-order valence-electron chi connectivity index (χ0n) is 17.2. The summed E-state index contributed by atoms with van der Waals surface area (Å²) >= 11 is 6.08. The van der Waals surface area contributed by atoms with Crippen molar-refractivity contribution in [2.45, 2.75) is 51.7 Å². The van der Waals surface area contributed by atoms with Gasteiger partial charge in [0.05, 0.1) is 25.3 Å². The molecule has 152 valence electrons. The lowest BCUT2D eigenvalue weighted by atomic mass is 9.92. The molecule has 3 rings (SSSR count). The first kappa shape index (κ1) is 20.7. The van der Waals surface area contributed by atoms with Crippen LogP contribution in [0.15, 0.2) is 29.3 Å². The summed E-state index contributed by atoms with van der Waals surface area (Å²) in [6.07, 6.45) is 2.21. The number of aromatic nitrogens is 2. The number of carbonyl (C=O) groups excluding carboxylic acids is 1. The number of benzene rings is 1. The lowest BCUT2D eigenvalue weighted by Gasteiger charge is -2.21. The first-order valence-corrected chi connectivity index (χ1v) is 9.90. The highest BCUT2D eigenvalue weighted by atomic mass is 35.5. The molecule has 1 amide bonds. The third-order valence-corrected chi connectivity index (χ3v) is 5.25. The van der Waals surface area contributed by atoms with Crippen LogP contribution in [0.5, 0.6) is 5.75 Å². The van der Waals surface area contributed by atoms with Gasteiger partial charge in [-0.25, -0.2) is 0 Å². The van der Waals surface area contributed by atoms with Crippen LogP contribution in [0.25, 0.3) is 0 Å². The zero-order chi connectivity index (χ0) is 20.5. The third-order valence-electron chi connectivity index (χ3n) is 5.02. The van der Waals surface area contributed by atoms with Crippen molar-refractivity contribution in [3.63, 3.8) is 0 Å². The number of carbonyl (C=O) groups is 1. The summed E-state index contributed by atoms with van der Waals surface area (Å²) in [6.45, 7) is 7.87. The molecule has 6 nitrogen and oxygen atoms in total. The van der Waals surface area contributed by atoms with Crippen molar-refractivity contribution >= 4 is 17.5 Å². The number of halogens is 1. The van der Waals surface area contributed by atoms with Gasteiger partial charge in [-0.2, -0.15) is 4.99 Å². The number of hydrogen-bond acceptors (Lipinski definition) is 3. The van der Waals surface area contributed by atoms with Crippen LogP contribution in [-0.4, -0.2) is 35.1 Å². The van der Waals surface area contributed by atoms with E-state index in [1.54, 1.807) is 18.2 Å². The molecule has 1 saturated heterocycles. The van der Waals surface area contributed by atoms with Crippen molar-refractivity contribution in [1.82, 2.24) is 9.36 Å². The molecule has 0 unspecified atom stereocenters. The summed E-state index contributed by atoms with van der Waals surface area (Å²) in [5, 5.41) is 0.468. The van der Waals surface area contributed by atoms with Crippen molar-refractivity contribution in [1.29, 1.82) is 0 Å². The predicted molar refractivity (Wildman–Crippen MR) is 109 cm³/mol. The van der Waals surface area contributed by atoms with E-state index < -0.39 is 0 Å². The molecular weight excluding hydrogens is 378 g/mol. The van der Waals surface area contributed by atoms with Crippen LogP contribution in [0, 0.1) is 0 Å². The molecule has 0 saturated carbocycles. The second-order valence-corrected chi connectivity index (χ2v) is 8.58. The summed E-state index contributed by atoms with van der Waals surface area (Å²) in [5.41, 5.74) is 1.96. The Labute approximate surface area is 170 Å². The fourth-order valence-corrected chi connectivity index (χ4v) is 3.75. The van der Waals surface area contributed by atoms with Gasteiger partial charge in [0, 0.05) is 35.9 Å². The Morgan fingerprint density at radius 1 is 1.36 bits per heavy atom. The first-order valence-electron chi connectivity index (χ1n) is 9.52. The van der Waals surface area contributed by atoms with E-state index in [-0.39, 0.29) is 17.4 Å². The van der Waals surface area contributed by atoms with E-state index in [1.807, 2.05) is 17.8 Å². The van der Waals surface area contributed by atoms with Crippen LogP contribution in [0.3, 0.4) is 0 Å². The number of rotatable bonds is 4. The Morgan fingerprint density at radius 2 is 2.11 bits per heavy atom. The van der Waals surface area contributed by atoms with Gasteiger partial charge >= 0.3 is 0 Å². The maximum absolute atomic E-state index is 12.9. The average molecular weight is 406 g/mol. The molecule has 1 aromatic heterocycles. The number of hydrogen-bond donors (Lipinski definition) is 0. The molecule has 0 aliphatic carbocycles. The van der Waals surface area contributed by atoms with E-state index in [4.69, 9.17) is 21.1 Å². The molecule has 7 heteroatoms. The summed E-state index contributed by atoms with van der Waals surface area (Å²) in [5.74, 6) is 0.0716. The lowest BCUT2D eigenvalue weighted by Crippen LogP contribution is -2.30. The van der Waals surface area contributed by atoms with E-state index in [0.29, 0.717) is 28.4 Å². The largest absolute Gasteiger partial charge is 0.496 e. The molecule has 0 N–H and O–H groups in total. The third kappa shape index (κ3) is 4.33. The van der Waals surface area contributed by atoms with Crippen molar-refractivity contribution in [2.75, 3.05) is 13.7 Å². The highest BCUT2D eigenvalue weighted by molar-refractivity contribution is 6.31. The molecule has 2 heterocycles. The van der Waals surface area contributed by atoms with Crippen molar-refractivity contribution in [2.24, 2.45) is 12.0 Å². The summed E-state index contributed by atoms with van der Waals surface area (Å²) < 4.78 is 15.2. The fraction of sp³-hybridized carbons (Fsp3) is 0.524. The SMILES string of the molecule is COc1ccc(Cl)cc1C(=O)/N=c1\cc(C(C)(C)C)n(C)n1C[C@@H]1CCCO1. The lowest BCUT2D eigenvalue weighted by molar-refractivity contribution is 0.0885. The highest BCUT2D eigenvalue weighted by Gasteiger charge is 2.24. The van der Waals surface area contributed by atoms with E-state index >= 15 is 0 Å².